The minimum atomic E-state index is -0.160. The summed E-state index contributed by atoms with van der Waals surface area (Å²) >= 11 is 17.8. The fourth-order valence-electron chi connectivity index (χ4n) is 1.18. The molecule has 0 fully saturated rings. The molecule has 4 heteroatoms. The summed E-state index contributed by atoms with van der Waals surface area (Å²) in [4.78, 5) is 0. The lowest BCUT2D eigenvalue weighted by atomic mass is 10.1. The molecule has 0 amide bonds. The average Bonchev–Trinajstić information content (AvgIpc) is 2.14. The van der Waals surface area contributed by atoms with E-state index < -0.39 is 0 Å². The molecule has 0 saturated carbocycles. The molecule has 1 atom stereocenters. The molecule has 1 rings (SSSR count). The molecular weight excluding hydrogens is 242 g/mol. The van der Waals surface area contributed by atoms with Crippen LogP contribution in [0.3, 0.4) is 0 Å². The molecule has 0 heterocycles. The quantitative estimate of drug-likeness (QED) is 0.803. The summed E-state index contributed by atoms with van der Waals surface area (Å²) in [6, 6.07) is 5.25. The lowest BCUT2D eigenvalue weighted by Gasteiger charge is -2.10. The van der Waals surface area contributed by atoms with Crippen LogP contribution in [0.2, 0.25) is 10.0 Å². The molecule has 0 spiro atoms. The molecule has 1 nitrogen and oxygen atoms in total. The monoisotopic (exact) mass is 252 g/mol. The van der Waals surface area contributed by atoms with Gasteiger partial charge in [-0.05, 0) is 30.5 Å². The first-order chi connectivity index (χ1) is 6.65. The number of aliphatic hydroxyl groups excluding tert-OH is 1. The van der Waals surface area contributed by atoms with Gasteiger partial charge in [0.05, 0.1) is 5.38 Å². The predicted molar refractivity (Wildman–Crippen MR) is 61.4 cm³/mol. The summed E-state index contributed by atoms with van der Waals surface area (Å²) in [5.74, 6) is 0. The molecule has 0 bridgehead atoms. The minimum absolute atomic E-state index is 0.147. The lowest BCUT2D eigenvalue weighted by Crippen LogP contribution is -1.94. The van der Waals surface area contributed by atoms with E-state index in [1.807, 2.05) is 6.07 Å². The van der Waals surface area contributed by atoms with E-state index in [0.29, 0.717) is 22.9 Å². The van der Waals surface area contributed by atoms with E-state index in [4.69, 9.17) is 39.9 Å². The van der Waals surface area contributed by atoms with E-state index in [1.54, 1.807) is 12.1 Å². The van der Waals surface area contributed by atoms with Crippen LogP contribution < -0.4 is 0 Å². The molecular formula is C10H11Cl3O. The van der Waals surface area contributed by atoms with Crippen molar-refractivity contribution in [3.8, 4) is 0 Å². The Balaban J connectivity index is 2.74. The van der Waals surface area contributed by atoms with E-state index in [2.05, 4.69) is 0 Å². The highest BCUT2D eigenvalue weighted by Crippen LogP contribution is 2.32. The van der Waals surface area contributed by atoms with E-state index >= 15 is 0 Å². The van der Waals surface area contributed by atoms with Gasteiger partial charge in [-0.3, -0.25) is 0 Å². The van der Waals surface area contributed by atoms with Crippen molar-refractivity contribution in [2.45, 2.75) is 18.2 Å². The first-order valence-corrected chi connectivity index (χ1v) is 5.54. The highest BCUT2D eigenvalue weighted by Gasteiger charge is 2.11. The van der Waals surface area contributed by atoms with Crippen LogP contribution in [0, 0.1) is 0 Å². The van der Waals surface area contributed by atoms with Crippen LogP contribution in [0.1, 0.15) is 23.8 Å². The van der Waals surface area contributed by atoms with E-state index in [1.165, 1.54) is 0 Å². The molecule has 1 N–H and O–H groups in total. The van der Waals surface area contributed by atoms with Gasteiger partial charge in [-0.25, -0.2) is 0 Å². The van der Waals surface area contributed by atoms with Crippen LogP contribution in [-0.4, -0.2) is 11.7 Å². The van der Waals surface area contributed by atoms with Crippen LogP contribution in [-0.2, 0) is 0 Å². The number of halogens is 3. The van der Waals surface area contributed by atoms with Gasteiger partial charge >= 0.3 is 0 Å². The fourth-order valence-corrected chi connectivity index (χ4v) is 2.12. The van der Waals surface area contributed by atoms with Crippen molar-refractivity contribution in [2.24, 2.45) is 0 Å². The summed E-state index contributed by atoms with van der Waals surface area (Å²) in [5, 5.41) is 9.68. The second kappa shape index (κ2) is 5.82. The Morgan fingerprint density at radius 3 is 2.57 bits per heavy atom. The smallest absolute Gasteiger partial charge is 0.0600 e. The molecule has 0 aromatic heterocycles. The van der Waals surface area contributed by atoms with Gasteiger partial charge in [0.15, 0.2) is 0 Å². The second-order valence-corrected chi connectivity index (χ2v) is 4.37. The first-order valence-electron chi connectivity index (χ1n) is 4.35. The third kappa shape index (κ3) is 3.32. The highest BCUT2D eigenvalue weighted by atomic mass is 35.5. The van der Waals surface area contributed by atoms with Gasteiger partial charge in [0.1, 0.15) is 0 Å². The third-order valence-corrected chi connectivity index (χ3v) is 2.93. The van der Waals surface area contributed by atoms with Crippen molar-refractivity contribution in [3.63, 3.8) is 0 Å². The third-order valence-electron chi connectivity index (χ3n) is 1.92. The Labute approximate surface area is 98.6 Å². The Hall–Kier alpha value is 0.0500. The molecule has 1 aromatic rings. The highest BCUT2D eigenvalue weighted by molar-refractivity contribution is 6.35. The average molecular weight is 254 g/mol. The number of alkyl halides is 1. The Morgan fingerprint density at radius 2 is 2.00 bits per heavy atom. The SMILES string of the molecule is OCCCC(Cl)c1ccc(Cl)cc1Cl. The van der Waals surface area contributed by atoms with Crippen LogP contribution in [0.5, 0.6) is 0 Å². The minimum Gasteiger partial charge on any atom is -0.396 e. The number of hydrogen-bond acceptors (Lipinski definition) is 1. The van der Waals surface area contributed by atoms with Crippen LogP contribution in [0.25, 0.3) is 0 Å². The van der Waals surface area contributed by atoms with E-state index in [0.717, 1.165) is 5.56 Å². The van der Waals surface area contributed by atoms with Gasteiger partial charge in [-0.1, -0.05) is 29.3 Å². The number of hydrogen-bond donors (Lipinski definition) is 1. The number of aliphatic hydroxyl groups is 1. The second-order valence-electron chi connectivity index (χ2n) is 3.00. The van der Waals surface area contributed by atoms with Crippen molar-refractivity contribution in [2.75, 3.05) is 6.61 Å². The zero-order valence-corrected chi connectivity index (χ0v) is 9.78. The number of rotatable bonds is 4. The summed E-state index contributed by atoms with van der Waals surface area (Å²) in [6.07, 6.45) is 1.38. The van der Waals surface area contributed by atoms with Crippen LogP contribution in [0.4, 0.5) is 0 Å². The molecule has 0 aliphatic rings. The van der Waals surface area contributed by atoms with Crippen LogP contribution in [0.15, 0.2) is 18.2 Å². The zero-order chi connectivity index (χ0) is 10.6. The molecule has 1 unspecified atom stereocenters. The van der Waals surface area contributed by atoms with Crippen molar-refractivity contribution in [1.29, 1.82) is 0 Å². The van der Waals surface area contributed by atoms with Crippen LogP contribution >= 0.6 is 34.8 Å². The summed E-state index contributed by atoms with van der Waals surface area (Å²) in [5.41, 5.74) is 0.867. The van der Waals surface area contributed by atoms with Gasteiger partial charge in [0.25, 0.3) is 0 Å². The van der Waals surface area contributed by atoms with Gasteiger partial charge < -0.3 is 5.11 Å². The molecule has 0 aliphatic heterocycles. The standard InChI is InChI=1S/C10H11Cl3O/c11-7-3-4-8(10(13)6-7)9(12)2-1-5-14/h3-4,6,9,14H,1-2,5H2. The Morgan fingerprint density at radius 1 is 1.29 bits per heavy atom. The predicted octanol–water partition coefficient (Wildman–Crippen LogP) is 4.05. The van der Waals surface area contributed by atoms with Gasteiger partial charge in [0.2, 0.25) is 0 Å². The maximum Gasteiger partial charge on any atom is 0.0600 e. The van der Waals surface area contributed by atoms with Gasteiger partial charge in [0, 0.05) is 16.7 Å². The molecule has 0 radical (unpaired) electrons. The molecule has 0 aliphatic carbocycles. The molecule has 14 heavy (non-hydrogen) atoms. The molecule has 78 valence electrons. The van der Waals surface area contributed by atoms with Gasteiger partial charge in [-0.2, -0.15) is 0 Å². The molecule has 0 saturated heterocycles. The summed E-state index contributed by atoms with van der Waals surface area (Å²) in [6.45, 7) is 0.147. The summed E-state index contributed by atoms with van der Waals surface area (Å²) in [7, 11) is 0. The van der Waals surface area contributed by atoms with Crippen molar-refractivity contribution in [1.82, 2.24) is 0 Å². The molecule has 1 aromatic carbocycles. The topological polar surface area (TPSA) is 20.2 Å². The van der Waals surface area contributed by atoms with Crippen molar-refractivity contribution in [3.05, 3.63) is 33.8 Å². The number of benzene rings is 1. The summed E-state index contributed by atoms with van der Waals surface area (Å²) < 4.78 is 0. The maximum absolute atomic E-state index is 8.66. The van der Waals surface area contributed by atoms with E-state index in [9.17, 15) is 0 Å². The first kappa shape index (κ1) is 12.1. The Kier molecular flexibility index (Phi) is 5.04. The van der Waals surface area contributed by atoms with Crippen molar-refractivity contribution < 1.29 is 5.11 Å². The maximum atomic E-state index is 8.66. The largest absolute Gasteiger partial charge is 0.396 e. The van der Waals surface area contributed by atoms with Gasteiger partial charge in [-0.15, -0.1) is 11.6 Å². The zero-order valence-electron chi connectivity index (χ0n) is 7.51. The van der Waals surface area contributed by atoms with Crippen molar-refractivity contribution >= 4 is 34.8 Å². The fraction of sp³-hybridized carbons (Fsp3) is 0.400. The Bertz CT molecular complexity index is 301. The lowest BCUT2D eigenvalue weighted by molar-refractivity contribution is 0.284. The normalized spacial score (nSPS) is 12.9. The van der Waals surface area contributed by atoms with E-state index in [-0.39, 0.29) is 12.0 Å².